The molecule has 3 rings (SSSR count). The number of hydrogen-bond donors (Lipinski definition) is 1. The summed E-state index contributed by atoms with van der Waals surface area (Å²) in [7, 11) is -3.18. The Bertz CT molecular complexity index is 909. The first-order valence-electron chi connectivity index (χ1n) is 9.13. The van der Waals surface area contributed by atoms with Crippen LogP contribution in [-0.2, 0) is 14.8 Å². The molecule has 0 unspecified atom stereocenters. The molecule has 1 aliphatic rings. The standard InChI is InChI=1S/C19H25N3O4S/c1-4-27(24,25)22-10-8-15(9-11-22)18(23)21-17-7-5-6-16(12-17)19-20-13(2)14(3)26-19/h5-7,12,15H,4,8-11H2,1-3H3,(H,21,23). The number of carbonyl (C=O) groups excluding carboxylic acids is 1. The predicted octanol–water partition coefficient (Wildman–Crippen LogP) is 2.96. The Kier molecular flexibility index (Phi) is 5.67. The summed E-state index contributed by atoms with van der Waals surface area (Å²) < 4.78 is 31.0. The van der Waals surface area contributed by atoms with Gasteiger partial charge in [-0.1, -0.05) is 6.07 Å². The van der Waals surface area contributed by atoms with Crippen molar-refractivity contribution in [1.82, 2.24) is 9.29 Å². The van der Waals surface area contributed by atoms with Crippen LogP contribution in [0.4, 0.5) is 5.69 Å². The molecule has 1 aromatic heterocycles. The second-order valence-electron chi connectivity index (χ2n) is 6.80. The van der Waals surface area contributed by atoms with Gasteiger partial charge < -0.3 is 9.73 Å². The molecule has 1 N–H and O–H groups in total. The number of piperidine rings is 1. The molecular formula is C19H25N3O4S. The fourth-order valence-corrected chi connectivity index (χ4v) is 4.28. The molecule has 146 valence electrons. The van der Waals surface area contributed by atoms with Crippen LogP contribution in [0, 0.1) is 19.8 Å². The number of amides is 1. The minimum atomic E-state index is -3.18. The number of carbonyl (C=O) groups is 1. The highest BCUT2D eigenvalue weighted by molar-refractivity contribution is 7.89. The number of nitrogens with one attached hydrogen (secondary N) is 1. The third kappa shape index (κ3) is 4.39. The van der Waals surface area contributed by atoms with Crippen LogP contribution in [0.1, 0.15) is 31.2 Å². The molecule has 7 nitrogen and oxygen atoms in total. The zero-order chi connectivity index (χ0) is 19.6. The SMILES string of the molecule is CCS(=O)(=O)N1CCC(C(=O)Nc2cccc(-c3nc(C)c(C)o3)c2)CC1. The number of aryl methyl sites for hydroxylation is 2. The van der Waals surface area contributed by atoms with E-state index >= 15 is 0 Å². The number of sulfonamides is 1. The van der Waals surface area contributed by atoms with Crippen LogP contribution in [0.25, 0.3) is 11.5 Å². The monoisotopic (exact) mass is 391 g/mol. The van der Waals surface area contributed by atoms with E-state index in [1.165, 1.54) is 4.31 Å². The predicted molar refractivity (Wildman–Crippen MR) is 104 cm³/mol. The largest absolute Gasteiger partial charge is 0.441 e. The molecule has 2 heterocycles. The highest BCUT2D eigenvalue weighted by Crippen LogP contribution is 2.26. The number of rotatable bonds is 5. The molecule has 0 saturated carbocycles. The Morgan fingerprint density at radius 2 is 2.00 bits per heavy atom. The van der Waals surface area contributed by atoms with Gasteiger partial charge in [0.1, 0.15) is 5.76 Å². The average molecular weight is 391 g/mol. The van der Waals surface area contributed by atoms with Crippen LogP contribution in [0.2, 0.25) is 0 Å². The molecule has 0 radical (unpaired) electrons. The Hall–Kier alpha value is -2.19. The summed E-state index contributed by atoms with van der Waals surface area (Å²) in [5.41, 5.74) is 2.32. The van der Waals surface area contributed by atoms with Gasteiger partial charge >= 0.3 is 0 Å². The number of anilines is 1. The van der Waals surface area contributed by atoms with Crippen molar-refractivity contribution in [2.45, 2.75) is 33.6 Å². The van der Waals surface area contributed by atoms with Gasteiger partial charge in [0.2, 0.25) is 21.8 Å². The molecule has 0 bridgehead atoms. The lowest BCUT2D eigenvalue weighted by molar-refractivity contribution is -0.120. The van der Waals surface area contributed by atoms with Gasteiger partial charge in [-0.05, 0) is 51.8 Å². The summed E-state index contributed by atoms with van der Waals surface area (Å²) in [6.45, 7) is 6.17. The molecule has 1 aliphatic heterocycles. The Balaban J connectivity index is 1.64. The number of aromatic nitrogens is 1. The summed E-state index contributed by atoms with van der Waals surface area (Å²) in [6, 6.07) is 7.38. The summed E-state index contributed by atoms with van der Waals surface area (Å²) in [4.78, 5) is 17.0. The highest BCUT2D eigenvalue weighted by atomic mass is 32.2. The lowest BCUT2D eigenvalue weighted by Gasteiger charge is -2.30. The molecule has 1 aromatic carbocycles. The smallest absolute Gasteiger partial charge is 0.227 e. The second kappa shape index (κ2) is 7.82. The van der Waals surface area contributed by atoms with E-state index in [4.69, 9.17) is 4.42 Å². The number of hydrogen-bond acceptors (Lipinski definition) is 5. The van der Waals surface area contributed by atoms with Crippen molar-refractivity contribution in [3.63, 3.8) is 0 Å². The maximum Gasteiger partial charge on any atom is 0.227 e. The molecule has 2 aromatic rings. The topological polar surface area (TPSA) is 92.5 Å². The van der Waals surface area contributed by atoms with Crippen molar-refractivity contribution in [3.05, 3.63) is 35.7 Å². The van der Waals surface area contributed by atoms with E-state index in [0.717, 1.165) is 17.0 Å². The number of nitrogens with zero attached hydrogens (tertiary/aromatic N) is 2. The Morgan fingerprint density at radius 3 is 2.59 bits per heavy atom. The minimum absolute atomic E-state index is 0.0829. The van der Waals surface area contributed by atoms with Gasteiger partial charge in [0.25, 0.3) is 0 Å². The number of benzene rings is 1. The van der Waals surface area contributed by atoms with Crippen molar-refractivity contribution < 1.29 is 17.6 Å². The molecule has 27 heavy (non-hydrogen) atoms. The lowest BCUT2D eigenvalue weighted by Crippen LogP contribution is -2.42. The van der Waals surface area contributed by atoms with E-state index in [1.54, 1.807) is 6.92 Å². The van der Waals surface area contributed by atoms with Gasteiger partial charge in [0.15, 0.2) is 0 Å². The lowest BCUT2D eigenvalue weighted by atomic mass is 9.97. The fraction of sp³-hybridized carbons (Fsp3) is 0.474. The quantitative estimate of drug-likeness (QED) is 0.846. The number of oxazole rings is 1. The molecule has 0 atom stereocenters. The van der Waals surface area contributed by atoms with Gasteiger partial charge in [-0.25, -0.2) is 17.7 Å². The van der Waals surface area contributed by atoms with Gasteiger partial charge in [-0.15, -0.1) is 0 Å². The van der Waals surface area contributed by atoms with Crippen LogP contribution in [0.15, 0.2) is 28.7 Å². The fourth-order valence-electron chi connectivity index (χ4n) is 3.15. The van der Waals surface area contributed by atoms with Gasteiger partial charge in [-0.3, -0.25) is 4.79 Å². The molecule has 1 fully saturated rings. The summed E-state index contributed by atoms with van der Waals surface area (Å²) in [5, 5.41) is 2.93. The third-order valence-corrected chi connectivity index (χ3v) is 6.87. The van der Waals surface area contributed by atoms with E-state index in [1.807, 2.05) is 38.1 Å². The van der Waals surface area contributed by atoms with Crippen LogP contribution in [-0.4, -0.2) is 42.5 Å². The van der Waals surface area contributed by atoms with Crippen LogP contribution in [0.3, 0.4) is 0 Å². The highest BCUT2D eigenvalue weighted by Gasteiger charge is 2.30. The molecule has 0 spiro atoms. The Labute approximate surface area is 159 Å². The first-order chi connectivity index (χ1) is 12.8. The zero-order valence-corrected chi connectivity index (χ0v) is 16.7. The van der Waals surface area contributed by atoms with E-state index in [-0.39, 0.29) is 17.6 Å². The third-order valence-electron chi connectivity index (χ3n) is 4.99. The Morgan fingerprint density at radius 1 is 1.30 bits per heavy atom. The van der Waals surface area contributed by atoms with E-state index < -0.39 is 10.0 Å². The summed E-state index contributed by atoms with van der Waals surface area (Å²) in [5.74, 6) is 1.12. The maximum absolute atomic E-state index is 12.6. The van der Waals surface area contributed by atoms with E-state index in [0.29, 0.717) is 37.5 Å². The van der Waals surface area contributed by atoms with Crippen molar-refractivity contribution >= 4 is 21.6 Å². The maximum atomic E-state index is 12.6. The van der Waals surface area contributed by atoms with Gasteiger partial charge in [-0.2, -0.15) is 0 Å². The normalized spacial score (nSPS) is 16.4. The van der Waals surface area contributed by atoms with Crippen molar-refractivity contribution in [2.75, 3.05) is 24.2 Å². The molecule has 0 aliphatic carbocycles. The summed E-state index contributed by atoms with van der Waals surface area (Å²) >= 11 is 0. The van der Waals surface area contributed by atoms with Crippen LogP contribution >= 0.6 is 0 Å². The average Bonchev–Trinajstić information content (AvgIpc) is 3.01. The van der Waals surface area contributed by atoms with Crippen molar-refractivity contribution in [2.24, 2.45) is 5.92 Å². The van der Waals surface area contributed by atoms with E-state index in [9.17, 15) is 13.2 Å². The molecule has 1 saturated heterocycles. The van der Waals surface area contributed by atoms with Gasteiger partial charge in [0, 0.05) is 30.3 Å². The van der Waals surface area contributed by atoms with Crippen LogP contribution < -0.4 is 5.32 Å². The molecular weight excluding hydrogens is 366 g/mol. The summed E-state index contributed by atoms with van der Waals surface area (Å²) in [6.07, 6.45) is 1.06. The molecule has 8 heteroatoms. The van der Waals surface area contributed by atoms with Crippen molar-refractivity contribution in [1.29, 1.82) is 0 Å². The first-order valence-corrected chi connectivity index (χ1v) is 10.7. The van der Waals surface area contributed by atoms with Crippen molar-refractivity contribution in [3.8, 4) is 11.5 Å². The second-order valence-corrected chi connectivity index (χ2v) is 9.06. The first kappa shape index (κ1) is 19.6. The molecule has 1 amide bonds. The minimum Gasteiger partial charge on any atom is -0.441 e. The van der Waals surface area contributed by atoms with E-state index in [2.05, 4.69) is 10.3 Å². The van der Waals surface area contributed by atoms with Crippen LogP contribution in [0.5, 0.6) is 0 Å². The zero-order valence-electron chi connectivity index (χ0n) is 15.9. The van der Waals surface area contributed by atoms with Gasteiger partial charge in [0.05, 0.1) is 11.4 Å².